The summed E-state index contributed by atoms with van der Waals surface area (Å²) in [6, 6.07) is 27.7. The first-order valence-corrected chi connectivity index (χ1v) is 10.2. The molecule has 2 N–H and O–H groups in total. The minimum absolute atomic E-state index is 0.0452. The van der Waals surface area contributed by atoms with Crippen LogP contribution in [0.5, 0.6) is 5.75 Å². The van der Waals surface area contributed by atoms with E-state index in [9.17, 15) is 0 Å². The van der Waals surface area contributed by atoms with Gasteiger partial charge in [0, 0.05) is 18.0 Å². The normalized spacial score (nSPS) is 16.4. The van der Waals surface area contributed by atoms with Crippen molar-refractivity contribution in [2.24, 2.45) is 0 Å². The van der Waals surface area contributed by atoms with Gasteiger partial charge in [-0.15, -0.1) is 0 Å². The van der Waals surface area contributed by atoms with Gasteiger partial charge in [-0.3, -0.25) is 0 Å². The second kappa shape index (κ2) is 8.14. The lowest BCUT2D eigenvalue weighted by atomic mass is 9.74. The third kappa shape index (κ3) is 3.92. The van der Waals surface area contributed by atoms with Crippen LogP contribution in [0.2, 0.25) is 0 Å². The van der Waals surface area contributed by atoms with Crippen molar-refractivity contribution in [1.29, 1.82) is 0 Å². The van der Waals surface area contributed by atoms with E-state index in [1.54, 1.807) is 0 Å². The summed E-state index contributed by atoms with van der Waals surface area (Å²) < 4.78 is 6.14. The van der Waals surface area contributed by atoms with E-state index in [0.29, 0.717) is 0 Å². The number of anilines is 1. The summed E-state index contributed by atoms with van der Waals surface area (Å²) in [6.45, 7) is 2.36. The van der Waals surface area contributed by atoms with Gasteiger partial charge in [-0.2, -0.15) is 0 Å². The topological polar surface area (TPSA) is 29.1 Å². The highest BCUT2D eigenvalue weighted by Crippen LogP contribution is 2.40. The number of hydrogen-bond acceptors (Lipinski definition) is 2. The summed E-state index contributed by atoms with van der Waals surface area (Å²) in [5.74, 6) is 1.83. The fourth-order valence-corrected chi connectivity index (χ4v) is 4.23. The van der Waals surface area contributed by atoms with Gasteiger partial charge < -0.3 is 15.0 Å². The van der Waals surface area contributed by atoms with E-state index in [2.05, 4.69) is 104 Å². The molecule has 4 rings (SSSR count). The van der Waals surface area contributed by atoms with Crippen LogP contribution in [0.25, 0.3) is 0 Å². The molecule has 148 valence electrons. The van der Waals surface area contributed by atoms with Crippen molar-refractivity contribution < 1.29 is 10.1 Å². The molecular formula is C26H29N2O+. The molecule has 0 aliphatic carbocycles. The molecular weight excluding hydrogens is 356 g/mol. The Labute approximate surface area is 173 Å². The number of allylic oxidation sites excluding steroid dienone is 1. The number of hydrogen-bond donors (Lipinski definition) is 1. The number of nitrogens with zero attached hydrogens (tertiary/aromatic N) is 1. The van der Waals surface area contributed by atoms with Crippen LogP contribution in [0.15, 0.2) is 90.8 Å². The quantitative estimate of drug-likeness (QED) is 0.619. The fourth-order valence-electron chi connectivity index (χ4n) is 4.23. The molecule has 1 unspecified atom stereocenters. The molecule has 3 heteroatoms. The molecule has 0 spiro atoms. The molecule has 1 atom stereocenters. The number of nitrogens with two attached hydrogens (primary N) is 1. The maximum absolute atomic E-state index is 6.14. The number of para-hydroxylation sites is 3. The molecule has 0 bridgehead atoms. The second-order valence-corrected chi connectivity index (χ2v) is 7.97. The van der Waals surface area contributed by atoms with Gasteiger partial charge in [0.05, 0.1) is 12.7 Å². The lowest BCUT2D eigenvalue weighted by Crippen LogP contribution is -2.73. The van der Waals surface area contributed by atoms with Gasteiger partial charge in [0.2, 0.25) is 0 Å². The van der Waals surface area contributed by atoms with Crippen LogP contribution in [0.3, 0.4) is 0 Å². The van der Waals surface area contributed by atoms with E-state index in [4.69, 9.17) is 4.74 Å². The predicted molar refractivity (Wildman–Crippen MR) is 120 cm³/mol. The summed E-state index contributed by atoms with van der Waals surface area (Å²) in [7, 11) is 4.19. The maximum atomic E-state index is 6.14. The van der Waals surface area contributed by atoms with Crippen molar-refractivity contribution in [2.45, 2.75) is 25.2 Å². The molecule has 0 aromatic heterocycles. The number of ether oxygens (including phenoxy) is 1. The van der Waals surface area contributed by atoms with Crippen LogP contribution in [0.4, 0.5) is 11.4 Å². The predicted octanol–water partition coefficient (Wildman–Crippen LogP) is 4.77. The van der Waals surface area contributed by atoms with Gasteiger partial charge in [-0.05, 0) is 42.7 Å². The third-order valence-corrected chi connectivity index (χ3v) is 5.86. The van der Waals surface area contributed by atoms with Crippen molar-refractivity contribution in [3.63, 3.8) is 0 Å². The Morgan fingerprint density at radius 1 is 0.931 bits per heavy atom. The van der Waals surface area contributed by atoms with E-state index in [1.165, 1.54) is 16.8 Å². The second-order valence-electron chi connectivity index (χ2n) is 7.97. The third-order valence-electron chi connectivity index (χ3n) is 5.86. The van der Waals surface area contributed by atoms with E-state index >= 15 is 0 Å². The zero-order valence-corrected chi connectivity index (χ0v) is 17.4. The molecule has 0 saturated carbocycles. The van der Waals surface area contributed by atoms with E-state index in [1.807, 2.05) is 12.1 Å². The van der Waals surface area contributed by atoms with Gasteiger partial charge in [-0.25, -0.2) is 0 Å². The zero-order valence-electron chi connectivity index (χ0n) is 17.4. The molecule has 3 nitrogen and oxygen atoms in total. The molecule has 0 saturated heterocycles. The Balaban J connectivity index is 1.68. The minimum Gasteiger partial charge on any atom is -0.439 e. The summed E-state index contributed by atoms with van der Waals surface area (Å²) >= 11 is 0. The minimum atomic E-state index is -0.0452. The summed E-state index contributed by atoms with van der Waals surface area (Å²) in [4.78, 5) is 2.14. The smallest absolute Gasteiger partial charge is 0.196 e. The van der Waals surface area contributed by atoms with Crippen LogP contribution in [-0.4, -0.2) is 14.1 Å². The SMILES string of the molecule is C[NH2+]c1ccccc1C(C)(CC=C1Oc2ccccc2N1C)Cc1ccccc1. The van der Waals surface area contributed by atoms with E-state index < -0.39 is 0 Å². The molecule has 0 fully saturated rings. The average molecular weight is 386 g/mol. The Hall–Kier alpha value is -3.04. The molecule has 3 aromatic rings. The monoisotopic (exact) mass is 385 g/mol. The van der Waals surface area contributed by atoms with Crippen molar-refractivity contribution in [3.05, 3.63) is 102 Å². The Bertz CT molecular complexity index is 1010. The Morgan fingerprint density at radius 3 is 2.38 bits per heavy atom. The summed E-state index contributed by atoms with van der Waals surface area (Å²) in [6.07, 6.45) is 4.11. The van der Waals surface area contributed by atoms with Crippen molar-refractivity contribution in [2.75, 3.05) is 19.0 Å². The Morgan fingerprint density at radius 2 is 1.62 bits per heavy atom. The first-order chi connectivity index (χ1) is 14.1. The first kappa shape index (κ1) is 19.3. The van der Waals surface area contributed by atoms with Crippen LogP contribution >= 0.6 is 0 Å². The van der Waals surface area contributed by atoms with Crippen LogP contribution in [0.1, 0.15) is 24.5 Å². The molecule has 3 aromatic carbocycles. The van der Waals surface area contributed by atoms with Gasteiger partial charge in [0.1, 0.15) is 5.69 Å². The number of benzene rings is 3. The van der Waals surface area contributed by atoms with Crippen molar-refractivity contribution in [1.82, 2.24) is 0 Å². The van der Waals surface area contributed by atoms with E-state index in [-0.39, 0.29) is 5.41 Å². The van der Waals surface area contributed by atoms with Crippen LogP contribution < -0.4 is 15.0 Å². The first-order valence-electron chi connectivity index (χ1n) is 10.2. The van der Waals surface area contributed by atoms with Gasteiger partial charge in [0.15, 0.2) is 11.6 Å². The van der Waals surface area contributed by atoms with Gasteiger partial charge in [-0.1, -0.05) is 67.6 Å². The number of quaternary nitrogens is 1. The van der Waals surface area contributed by atoms with Crippen LogP contribution in [0, 0.1) is 0 Å². The summed E-state index contributed by atoms with van der Waals surface area (Å²) in [5, 5.41) is 2.21. The fraction of sp³-hybridized carbons (Fsp3) is 0.231. The molecule has 29 heavy (non-hydrogen) atoms. The standard InChI is InChI=1S/C26H28N2O/c1-26(19-20-11-5-4-6-12-20,21-13-7-8-14-22(21)27-2)18-17-25-28(3)23-15-9-10-16-24(23)29-25/h4-17,27H,18-19H2,1-3H3/p+1. The molecule has 1 aliphatic rings. The molecule has 1 aliphatic heterocycles. The molecule has 0 amide bonds. The largest absolute Gasteiger partial charge is 0.439 e. The Kier molecular flexibility index (Phi) is 5.41. The number of fused-ring (bicyclic) bond motifs is 1. The molecule has 0 radical (unpaired) electrons. The highest BCUT2D eigenvalue weighted by atomic mass is 16.5. The molecule has 1 heterocycles. The van der Waals surface area contributed by atoms with E-state index in [0.717, 1.165) is 30.2 Å². The highest BCUT2D eigenvalue weighted by Gasteiger charge is 2.31. The van der Waals surface area contributed by atoms with Crippen molar-refractivity contribution in [3.8, 4) is 5.75 Å². The zero-order chi connectivity index (χ0) is 20.3. The lowest BCUT2D eigenvalue weighted by Gasteiger charge is -2.30. The number of rotatable bonds is 6. The highest BCUT2D eigenvalue weighted by molar-refractivity contribution is 5.65. The lowest BCUT2D eigenvalue weighted by molar-refractivity contribution is -0.540. The van der Waals surface area contributed by atoms with Gasteiger partial charge >= 0.3 is 0 Å². The summed E-state index contributed by atoms with van der Waals surface area (Å²) in [5.41, 5.74) is 5.10. The average Bonchev–Trinajstić information content (AvgIpc) is 3.09. The maximum Gasteiger partial charge on any atom is 0.196 e. The van der Waals surface area contributed by atoms with Gasteiger partial charge in [0.25, 0.3) is 0 Å². The van der Waals surface area contributed by atoms with Crippen molar-refractivity contribution >= 4 is 11.4 Å². The van der Waals surface area contributed by atoms with Crippen LogP contribution in [-0.2, 0) is 11.8 Å².